The Labute approximate surface area is 208 Å². The zero-order valence-corrected chi connectivity index (χ0v) is 20.4. The van der Waals surface area contributed by atoms with Crippen LogP contribution in [0.25, 0.3) is 0 Å². The Kier molecular flexibility index (Phi) is 7.42. The van der Waals surface area contributed by atoms with E-state index in [-0.39, 0.29) is 36.1 Å². The molecule has 0 aliphatic carbocycles. The third-order valence-electron chi connectivity index (χ3n) is 6.34. The van der Waals surface area contributed by atoms with Crippen LogP contribution in [-0.2, 0) is 14.8 Å². The molecule has 11 heteroatoms. The van der Waals surface area contributed by atoms with Crippen LogP contribution in [0.1, 0.15) is 34.8 Å². The van der Waals surface area contributed by atoms with Crippen LogP contribution in [0, 0.1) is 17.2 Å². The normalized spacial score (nSPS) is 19.6. The molecule has 0 aromatic heterocycles. The van der Waals surface area contributed by atoms with Crippen molar-refractivity contribution in [2.45, 2.75) is 29.8 Å². The van der Waals surface area contributed by atoms with Gasteiger partial charge in [-0.2, -0.15) is 9.57 Å². The van der Waals surface area contributed by atoms with Gasteiger partial charge in [-0.1, -0.05) is 29.8 Å². The summed E-state index contributed by atoms with van der Waals surface area (Å²) in [5, 5.41) is 22.1. The fourth-order valence-electron chi connectivity index (χ4n) is 4.30. The molecule has 0 saturated carbocycles. The maximum Gasteiger partial charge on any atom is 0.254 e. The van der Waals surface area contributed by atoms with Gasteiger partial charge in [-0.05, 0) is 48.7 Å². The third kappa shape index (κ3) is 5.18. The van der Waals surface area contributed by atoms with Crippen molar-refractivity contribution in [3.8, 4) is 6.07 Å². The molecule has 2 aliphatic rings. The van der Waals surface area contributed by atoms with E-state index in [0.717, 1.165) is 0 Å². The summed E-state index contributed by atoms with van der Waals surface area (Å²) in [7, 11) is -3.81. The van der Waals surface area contributed by atoms with Gasteiger partial charge in [0.2, 0.25) is 15.9 Å². The van der Waals surface area contributed by atoms with Gasteiger partial charge in [0.15, 0.2) is 0 Å². The predicted molar refractivity (Wildman–Crippen MR) is 128 cm³/mol. The molecule has 35 heavy (non-hydrogen) atoms. The summed E-state index contributed by atoms with van der Waals surface area (Å²) < 4.78 is 26.9. The first kappa shape index (κ1) is 25.1. The minimum absolute atomic E-state index is 0.0250. The number of aliphatic hydroxyl groups is 1. The van der Waals surface area contributed by atoms with Gasteiger partial charge in [0.25, 0.3) is 5.91 Å². The number of likely N-dealkylation sites (tertiary alicyclic amines) is 1. The summed E-state index contributed by atoms with van der Waals surface area (Å²) in [5.41, 5.74) is 0.850. The van der Waals surface area contributed by atoms with E-state index in [4.69, 9.17) is 16.9 Å². The molecule has 0 radical (unpaired) electrons. The molecule has 2 N–H and O–H groups in total. The second-order valence-electron chi connectivity index (χ2n) is 8.63. The Morgan fingerprint density at radius 3 is 2.57 bits per heavy atom. The number of hydrogen-bond acceptors (Lipinski definition) is 6. The fourth-order valence-corrected chi connectivity index (χ4v) is 6.00. The zero-order chi connectivity index (χ0) is 25.2. The van der Waals surface area contributed by atoms with Crippen molar-refractivity contribution in [3.05, 3.63) is 64.7 Å². The van der Waals surface area contributed by atoms with Crippen LogP contribution in [0.3, 0.4) is 0 Å². The average molecular weight is 517 g/mol. The summed E-state index contributed by atoms with van der Waals surface area (Å²) in [6.07, 6.45) is 1.08. The van der Waals surface area contributed by atoms with Gasteiger partial charge in [0, 0.05) is 30.2 Å². The first-order chi connectivity index (χ1) is 16.7. The number of nitriles is 1. The van der Waals surface area contributed by atoms with Crippen LogP contribution >= 0.6 is 11.6 Å². The fraction of sp³-hybridized carbons (Fsp3) is 0.375. The molecule has 2 aliphatic heterocycles. The zero-order valence-electron chi connectivity index (χ0n) is 18.8. The summed E-state index contributed by atoms with van der Waals surface area (Å²) in [6, 6.07) is 13.1. The summed E-state index contributed by atoms with van der Waals surface area (Å²) in [4.78, 5) is 27.7. The monoisotopic (exact) mass is 516 g/mol. The van der Waals surface area contributed by atoms with Crippen LogP contribution < -0.4 is 5.32 Å². The quantitative estimate of drug-likeness (QED) is 0.578. The van der Waals surface area contributed by atoms with Crippen molar-refractivity contribution in [2.24, 2.45) is 5.92 Å². The molecule has 2 aromatic carbocycles. The van der Waals surface area contributed by atoms with E-state index >= 15 is 0 Å². The van der Waals surface area contributed by atoms with Gasteiger partial charge in [-0.3, -0.25) is 9.59 Å². The molecule has 2 amide bonds. The Hall–Kier alpha value is -2.97. The highest BCUT2D eigenvalue weighted by Gasteiger charge is 2.38. The van der Waals surface area contributed by atoms with Gasteiger partial charge in [-0.25, -0.2) is 8.42 Å². The van der Waals surface area contributed by atoms with E-state index in [1.165, 1.54) is 33.5 Å². The van der Waals surface area contributed by atoms with Crippen molar-refractivity contribution in [3.63, 3.8) is 0 Å². The SMILES string of the molecule is N#CC1CN(S(=O)(=O)c2cccc(C(=O)N3CCC[C@@H]3C(=O)N[C@@H](CO)c3ccc(Cl)cc3)c2)C1. The summed E-state index contributed by atoms with van der Waals surface area (Å²) in [5.74, 6) is -1.16. The number of sulfonamides is 1. The highest BCUT2D eigenvalue weighted by Crippen LogP contribution is 2.27. The van der Waals surface area contributed by atoms with Crippen molar-refractivity contribution in [1.82, 2.24) is 14.5 Å². The first-order valence-electron chi connectivity index (χ1n) is 11.2. The molecule has 2 saturated heterocycles. The second-order valence-corrected chi connectivity index (χ2v) is 11.0. The molecule has 2 heterocycles. The molecule has 2 atom stereocenters. The van der Waals surface area contributed by atoms with Crippen LogP contribution in [-0.4, -0.2) is 66.8 Å². The Morgan fingerprint density at radius 1 is 1.20 bits per heavy atom. The molecule has 4 rings (SSSR count). The minimum Gasteiger partial charge on any atom is -0.394 e. The number of nitrogens with one attached hydrogen (secondary N) is 1. The van der Waals surface area contributed by atoms with E-state index in [1.54, 1.807) is 24.3 Å². The van der Waals surface area contributed by atoms with Gasteiger partial charge in [0.05, 0.1) is 29.5 Å². The molecule has 9 nitrogen and oxygen atoms in total. The lowest BCUT2D eigenvalue weighted by atomic mass is 10.1. The van der Waals surface area contributed by atoms with Crippen LogP contribution in [0.5, 0.6) is 0 Å². The molecule has 0 unspecified atom stereocenters. The molecule has 0 spiro atoms. The van der Waals surface area contributed by atoms with Crippen molar-refractivity contribution < 1.29 is 23.1 Å². The standard InChI is InChI=1S/C24H25ClN4O5S/c25-19-8-6-17(7-9-19)21(15-30)27-23(31)22-5-2-10-29(22)24(32)18-3-1-4-20(11-18)35(33,34)28-13-16(12-26)14-28/h1,3-4,6-9,11,16,21-22,30H,2,5,10,13-15H2,(H,27,31)/t21-,22+/m0/s1. The van der Waals surface area contributed by atoms with Gasteiger partial charge >= 0.3 is 0 Å². The Bertz CT molecular complexity index is 1260. The number of rotatable bonds is 7. The number of halogens is 1. The van der Waals surface area contributed by atoms with Gasteiger partial charge in [0.1, 0.15) is 6.04 Å². The molecular weight excluding hydrogens is 492 g/mol. The second kappa shape index (κ2) is 10.3. The number of aliphatic hydroxyl groups excluding tert-OH is 1. The first-order valence-corrected chi connectivity index (χ1v) is 13.0. The molecular formula is C24H25ClN4O5S. The third-order valence-corrected chi connectivity index (χ3v) is 8.42. The lowest BCUT2D eigenvalue weighted by Crippen LogP contribution is -2.49. The number of nitrogens with zero attached hydrogens (tertiary/aromatic N) is 3. The number of carbonyl (C=O) groups is 2. The molecule has 2 aromatic rings. The van der Waals surface area contributed by atoms with Crippen molar-refractivity contribution >= 4 is 33.4 Å². The lowest BCUT2D eigenvalue weighted by molar-refractivity contribution is -0.125. The topological polar surface area (TPSA) is 131 Å². The van der Waals surface area contributed by atoms with E-state index in [9.17, 15) is 23.1 Å². The van der Waals surface area contributed by atoms with E-state index in [0.29, 0.717) is 30.0 Å². The number of carbonyl (C=O) groups excluding carboxylic acids is 2. The Balaban J connectivity index is 1.48. The predicted octanol–water partition coefficient (Wildman–Crippen LogP) is 1.94. The summed E-state index contributed by atoms with van der Waals surface area (Å²) in [6.45, 7) is 0.293. The largest absolute Gasteiger partial charge is 0.394 e. The van der Waals surface area contributed by atoms with Crippen LogP contribution in [0.2, 0.25) is 5.02 Å². The highest BCUT2D eigenvalue weighted by molar-refractivity contribution is 7.89. The smallest absolute Gasteiger partial charge is 0.254 e. The van der Waals surface area contributed by atoms with Gasteiger partial charge < -0.3 is 15.3 Å². The van der Waals surface area contributed by atoms with E-state index in [1.807, 2.05) is 6.07 Å². The lowest BCUT2D eigenvalue weighted by Gasteiger charge is -2.34. The number of amides is 2. The maximum absolute atomic E-state index is 13.3. The maximum atomic E-state index is 13.3. The molecule has 184 valence electrons. The Morgan fingerprint density at radius 2 is 1.91 bits per heavy atom. The molecule has 2 fully saturated rings. The van der Waals surface area contributed by atoms with Crippen LogP contribution in [0.15, 0.2) is 53.4 Å². The summed E-state index contributed by atoms with van der Waals surface area (Å²) >= 11 is 5.92. The van der Waals surface area contributed by atoms with Gasteiger partial charge in [-0.15, -0.1) is 0 Å². The van der Waals surface area contributed by atoms with E-state index < -0.39 is 33.9 Å². The highest BCUT2D eigenvalue weighted by atomic mass is 35.5. The van der Waals surface area contributed by atoms with Crippen LogP contribution in [0.4, 0.5) is 0 Å². The number of hydrogen-bond donors (Lipinski definition) is 2. The van der Waals surface area contributed by atoms with Crippen molar-refractivity contribution in [2.75, 3.05) is 26.2 Å². The number of benzene rings is 2. The van der Waals surface area contributed by atoms with Crippen molar-refractivity contribution in [1.29, 1.82) is 5.26 Å². The molecule has 0 bridgehead atoms. The van der Waals surface area contributed by atoms with E-state index in [2.05, 4.69) is 5.32 Å². The minimum atomic E-state index is -3.81. The average Bonchev–Trinajstić information content (AvgIpc) is 3.32.